The van der Waals surface area contributed by atoms with Crippen molar-refractivity contribution in [3.05, 3.63) is 0 Å². The van der Waals surface area contributed by atoms with Gasteiger partial charge in [-0.15, -0.1) is 0 Å². The number of hydrogen-bond acceptors (Lipinski definition) is 3. The van der Waals surface area contributed by atoms with Crippen LogP contribution in [0.15, 0.2) is 0 Å². The molecule has 0 bridgehead atoms. The van der Waals surface area contributed by atoms with Gasteiger partial charge in [0.05, 0.1) is 11.6 Å². The fourth-order valence-corrected chi connectivity index (χ4v) is 2.06. The third-order valence-electron chi connectivity index (χ3n) is 2.33. The van der Waals surface area contributed by atoms with Crippen LogP contribution >= 0.6 is 0 Å². The van der Waals surface area contributed by atoms with Crippen LogP contribution in [0.1, 0.15) is 34.1 Å². The zero-order chi connectivity index (χ0) is 9.57. The van der Waals surface area contributed by atoms with E-state index in [1.165, 1.54) is 0 Å². The third-order valence-corrected chi connectivity index (χ3v) is 2.33. The van der Waals surface area contributed by atoms with Crippen molar-refractivity contribution in [2.45, 2.75) is 51.2 Å². The first-order valence-electron chi connectivity index (χ1n) is 4.34. The topological polar surface area (TPSA) is 55.1 Å². The first-order chi connectivity index (χ1) is 5.25. The van der Waals surface area contributed by atoms with Gasteiger partial charge in [0, 0.05) is 5.54 Å². The average Bonchev–Trinajstić information content (AvgIpc) is 1.79. The van der Waals surface area contributed by atoms with E-state index in [0.29, 0.717) is 0 Å². The number of carbonyl (C=O) groups excluding carboxylic acids is 1. The second-order valence-electron chi connectivity index (χ2n) is 4.81. The van der Waals surface area contributed by atoms with Crippen LogP contribution in [-0.4, -0.2) is 22.9 Å². The lowest BCUT2D eigenvalue weighted by Gasteiger charge is -2.43. The number of rotatable bonds is 0. The highest BCUT2D eigenvalue weighted by atomic mass is 16.1. The number of ketones is 1. The largest absolute Gasteiger partial charge is 0.321 e. The Labute approximate surface area is 73.7 Å². The van der Waals surface area contributed by atoms with Crippen molar-refractivity contribution in [3.63, 3.8) is 0 Å². The highest BCUT2D eigenvalue weighted by Gasteiger charge is 2.42. The van der Waals surface area contributed by atoms with Crippen molar-refractivity contribution >= 4 is 5.78 Å². The molecule has 12 heavy (non-hydrogen) atoms. The Bertz CT molecular complexity index is 209. The van der Waals surface area contributed by atoms with Gasteiger partial charge in [-0.05, 0) is 34.1 Å². The van der Waals surface area contributed by atoms with Crippen LogP contribution < -0.4 is 11.1 Å². The van der Waals surface area contributed by atoms with Gasteiger partial charge in [0.1, 0.15) is 0 Å². The van der Waals surface area contributed by atoms with E-state index in [0.717, 1.165) is 6.42 Å². The summed E-state index contributed by atoms with van der Waals surface area (Å²) in [6, 6.07) is -0.309. The molecule has 0 aromatic carbocycles. The maximum Gasteiger partial charge on any atom is 0.168 e. The van der Waals surface area contributed by atoms with E-state index in [1.807, 2.05) is 13.8 Å². The van der Waals surface area contributed by atoms with Gasteiger partial charge in [-0.25, -0.2) is 0 Å². The standard InChI is InChI=1S/C9H18N2O/c1-8(2)5-6(10)7(12)9(3,4)11-8/h6,11H,5,10H2,1-4H3. The lowest BCUT2D eigenvalue weighted by molar-refractivity contribution is -0.129. The maximum absolute atomic E-state index is 11.5. The van der Waals surface area contributed by atoms with Crippen LogP contribution in [0.2, 0.25) is 0 Å². The second kappa shape index (κ2) is 2.54. The quantitative estimate of drug-likeness (QED) is 0.554. The van der Waals surface area contributed by atoms with Gasteiger partial charge in [-0.3, -0.25) is 4.79 Å². The van der Waals surface area contributed by atoms with Gasteiger partial charge in [0.25, 0.3) is 0 Å². The Balaban J connectivity index is 2.87. The van der Waals surface area contributed by atoms with Gasteiger partial charge in [0.2, 0.25) is 0 Å². The highest BCUT2D eigenvalue weighted by molar-refractivity contribution is 5.93. The van der Waals surface area contributed by atoms with Gasteiger partial charge in [-0.1, -0.05) is 0 Å². The molecular weight excluding hydrogens is 152 g/mol. The predicted octanol–water partition coefficient (Wildman–Crippen LogP) is 0.433. The molecule has 1 aliphatic rings. The summed E-state index contributed by atoms with van der Waals surface area (Å²) in [7, 11) is 0. The molecule has 0 aromatic rings. The van der Waals surface area contributed by atoms with Crippen molar-refractivity contribution in [2.75, 3.05) is 0 Å². The van der Waals surface area contributed by atoms with Crippen molar-refractivity contribution in [1.29, 1.82) is 0 Å². The Kier molecular flexibility index (Phi) is 2.05. The van der Waals surface area contributed by atoms with Crippen LogP contribution in [-0.2, 0) is 4.79 Å². The summed E-state index contributed by atoms with van der Waals surface area (Å²) < 4.78 is 0. The van der Waals surface area contributed by atoms with Crippen molar-refractivity contribution < 1.29 is 4.79 Å². The molecule has 0 saturated carbocycles. The summed E-state index contributed by atoms with van der Waals surface area (Å²) in [6.45, 7) is 7.91. The predicted molar refractivity (Wildman–Crippen MR) is 48.9 cm³/mol. The van der Waals surface area contributed by atoms with Crippen LogP contribution in [0.3, 0.4) is 0 Å². The molecule has 0 amide bonds. The SMILES string of the molecule is CC1(C)CC(N)C(=O)C(C)(C)N1. The second-order valence-corrected chi connectivity index (χ2v) is 4.81. The number of carbonyl (C=O) groups is 1. The Morgan fingerprint density at radius 3 is 2.33 bits per heavy atom. The van der Waals surface area contributed by atoms with E-state index in [-0.39, 0.29) is 17.4 Å². The first-order valence-corrected chi connectivity index (χ1v) is 4.34. The smallest absolute Gasteiger partial charge is 0.168 e. The van der Waals surface area contributed by atoms with Crippen LogP contribution in [0.4, 0.5) is 0 Å². The van der Waals surface area contributed by atoms with Gasteiger partial charge >= 0.3 is 0 Å². The molecule has 1 aliphatic heterocycles. The van der Waals surface area contributed by atoms with Gasteiger partial charge in [0.15, 0.2) is 5.78 Å². The minimum atomic E-state index is -0.471. The zero-order valence-corrected chi connectivity index (χ0v) is 8.27. The monoisotopic (exact) mass is 170 g/mol. The molecule has 1 saturated heterocycles. The number of nitrogens with two attached hydrogens (primary N) is 1. The Hall–Kier alpha value is -0.410. The number of piperidine rings is 1. The summed E-state index contributed by atoms with van der Waals surface area (Å²) in [5.41, 5.74) is 5.24. The lowest BCUT2D eigenvalue weighted by Crippen LogP contribution is -2.67. The molecule has 1 unspecified atom stereocenters. The summed E-state index contributed by atoms with van der Waals surface area (Å²) in [5, 5.41) is 3.28. The summed E-state index contributed by atoms with van der Waals surface area (Å²) in [6.07, 6.45) is 0.718. The van der Waals surface area contributed by atoms with Gasteiger partial charge in [-0.2, -0.15) is 0 Å². The molecule has 3 N–H and O–H groups in total. The average molecular weight is 170 g/mol. The molecule has 0 aliphatic carbocycles. The first kappa shape index (κ1) is 9.68. The maximum atomic E-state index is 11.5. The zero-order valence-electron chi connectivity index (χ0n) is 8.27. The molecule has 0 spiro atoms. The number of Topliss-reactive ketones (excluding diaryl/α,β-unsaturated/α-hetero) is 1. The van der Waals surface area contributed by atoms with Crippen LogP contribution in [0, 0.1) is 0 Å². The highest BCUT2D eigenvalue weighted by Crippen LogP contribution is 2.24. The summed E-state index contributed by atoms with van der Waals surface area (Å²) >= 11 is 0. The van der Waals surface area contributed by atoms with Gasteiger partial charge < -0.3 is 11.1 Å². The van der Waals surface area contributed by atoms with Crippen molar-refractivity contribution in [3.8, 4) is 0 Å². The third kappa shape index (κ3) is 1.67. The molecule has 1 atom stereocenters. The fourth-order valence-electron chi connectivity index (χ4n) is 2.06. The van der Waals surface area contributed by atoms with Crippen molar-refractivity contribution in [1.82, 2.24) is 5.32 Å². The molecule has 1 rings (SSSR count). The summed E-state index contributed by atoms with van der Waals surface area (Å²) in [5.74, 6) is 0.113. The molecule has 3 heteroatoms. The van der Waals surface area contributed by atoms with Crippen LogP contribution in [0.25, 0.3) is 0 Å². The van der Waals surface area contributed by atoms with Crippen LogP contribution in [0.5, 0.6) is 0 Å². The molecule has 0 aromatic heterocycles. The van der Waals surface area contributed by atoms with Crippen molar-refractivity contribution in [2.24, 2.45) is 5.73 Å². The number of hydrogen-bond donors (Lipinski definition) is 2. The molecule has 1 fully saturated rings. The molecule has 70 valence electrons. The minimum Gasteiger partial charge on any atom is -0.321 e. The lowest BCUT2D eigenvalue weighted by atomic mass is 9.79. The molecule has 1 heterocycles. The minimum absolute atomic E-state index is 0.0309. The normalized spacial score (nSPS) is 33.4. The summed E-state index contributed by atoms with van der Waals surface area (Å²) in [4.78, 5) is 11.5. The van der Waals surface area contributed by atoms with E-state index in [4.69, 9.17) is 5.73 Å². The van der Waals surface area contributed by atoms with E-state index in [1.54, 1.807) is 0 Å². The number of nitrogens with one attached hydrogen (secondary N) is 1. The molecule has 3 nitrogen and oxygen atoms in total. The molecule has 0 radical (unpaired) electrons. The fraction of sp³-hybridized carbons (Fsp3) is 0.889. The Morgan fingerprint density at radius 1 is 1.42 bits per heavy atom. The van der Waals surface area contributed by atoms with E-state index in [9.17, 15) is 4.79 Å². The molecular formula is C9H18N2O. The Morgan fingerprint density at radius 2 is 1.92 bits per heavy atom. The van der Waals surface area contributed by atoms with E-state index < -0.39 is 5.54 Å². The van der Waals surface area contributed by atoms with E-state index >= 15 is 0 Å². The van der Waals surface area contributed by atoms with E-state index in [2.05, 4.69) is 19.2 Å².